The Morgan fingerprint density at radius 3 is 2.75 bits per heavy atom. The van der Waals surface area contributed by atoms with Crippen molar-refractivity contribution in [2.24, 2.45) is 5.92 Å². The summed E-state index contributed by atoms with van der Waals surface area (Å²) in [4.78, 5) is 11.5. The van der Waals surface area contributed by atoms with Crippen molar-refractivity contribution < 1.29 is 9.53 Å². The van der Waals surface area contributed by atoms with Crippen LogP contribution in [0.4, 0.5) is 0 Å². The maximum Gasteiger partial charge on any atom is 0.316 e. The van der Waals surface area contributed by atoms with Gasteiger partial charge in [-0.1, -0.05) is 67.3 Å². The van der Waals surface area contributed by atoms with Crippen LogP contribution in [0.2, 0.25) is 0 Å². The van der Waals surface area contributed by atoms with Gasteiger partial charge in [0.2, 0.25) is 0 Å². The molecular formula is C14H16N2O2S2. The lowest BCUT2D eigenvalue weighted by Gasteiger charge is -2.05. The summed E-state index contributed by atoms with van der Waals surface area (Å²) < 4.78 is 5.90. The summed E-state index contributed by atoms with van der Waals surface area (Å²) in [7, 11) is 0. The smallest absolute Gasteiger partial charge is 0.316 e. The van der Waals surface area contributed by atoms with Gasteiger partial charge in [0.1, 0.15) is 5.01 Å². The highest BCUT2D eigenvalue weighted by molar-refractivity contribution is 8.01. The Morgan fingerprint density at radius 2 is 2.05 bits per heavy atom. The minimum atomic E-state index is -0.208. The summed E-state index contributed by atoms with van der Waals surface area (Å²) in [5.41, 5.74) is 1.04. The summed E-state index contributed by atoms with van der Waals surface area (Å²) in [6.45, 7) is 4.49. The molecule has 0 aliphatic rings. The number of hydrogen-bond acceptors (Lipinski definition) is 6. The first kappa shape index (κ1) is 15.0. The fraction of sp³-hybridized carbons (Fsp3) is 0.357. The van der Waals surface area contributed by atoms with Gasteiger partial charge in [0.25, 0.3) is 0 Å². The second kappa shape index (κ2) is 7.40. The van der Waals surface area contributed by atoms with Crippen molar-refractivity contribution in [3.63, 3.8) is 0 Å². The molecule has 2 rings (SSSR count). The van der Waals surface area contributed by atoms with E-state index in [0.29, 0.717) is 12.5 Å². The molecule has 0 aliphatic carbocycles. The fourth-order valence-electron chi connectivity index (χ4n) is 1.39. The molecule has 6 heteroatoms. The van der Waals surface area contributed by atoms with Gasteiger partial charge < -0.3 is 4.74 Å². The van der Waals surface area contributed by atoms with Gasteiger partial charge in [0.15, 0.2) is 4.34 Å². The molecule has 2 aromatic rings. The van der Waals surface area contributed by atoms with E-state index in [0.717, 1.165) is 14.9 Å². The molecule has 0 atom stereocenters. The number of rotatable bonds is 6. The molecule has 0 aliphatic heterocycles. The van der Waals surface area contributed by atoms with Gasteiger partial charge in [0, 0.05) is 5.56 Å². The van der Waals surface area contributed by atoms with E-state index >= 15 is 0 Å². The Hall–Kier alpha value is -1.40. The first-order valence-electron chi connectivity index (χ1n) is 6.32. The number of hydrogen-bond donors (Lipinski definition) is 0. The van der Waals surface area contributed by atoms with E-state index in [1.165, 1.54) is 23.1 Å². The summed E-state index contributed by atoms with van der Waals surface area (Å²) >= 11 is 2.85. The number of carbonyl (C=O) groups is 1. The monoisotopic (exact) mass is 308 g/mol. The second-order valence-corrected chi connectivity index (χ2v) is 6.80. The zero-order valence-corrected chi connectivity index (χ0v) is 13.0. The lowest BCUT2D eigenvalue weighted by molar-refractivity contribution is -0.141. The summed E-state index contributed by atoms with van der Waals surface area (Å²) in [6, 6.07) is 9.88. The van der Waals surface area contributed by atoms with Gasteiger partial charge in [0.05, 0.1) is 12.4 Å². The summed E-state index contributed by atoms with van der Waals surface area (Å²) in [6.07, 6.45) is 0. The Balaban J connectivity index is 1.86. The van der Waals surface area contributed by atoms with Gasteiger partial charge >= 0.3 is 5.97 Å². The average Bonchev–Trinajstić information content (AvgIpc) is 2.93. The fourth-order valence-corrected chi connectivity index (χ4v) is 3.04. The van der Waals surface area contributed by atoms with Gasteiger partial charge in [-0.2, -0.15) is 0 Å². The van der Waals surface area contributed by atoms with Gasteiger partial charge in [-0.05, 0) is 5.92 Å². The number of benzene rings is 1. The normalized spacial score (nSPS) is 10.8. The minimum absolute atomic E-state index is 0.208. The third kappa shape index (κ3) is 4.61. The third-order valence-corrected chi connectivity index (χ3v) is 4.40. The van der Waals surface area contributed by atoms with Crippen LogP contribution in [0.25, 0.3) is 10.6 Å². The highest BCUT2D eigenvalue weighted by Gasteiger charge is 2.10. The predicted octanol–water partition coefficient (Wildman–Crippen LogP) is 3.50. The zero-order valence-electron chi connectivity index (χ0n) is 11.4. The molecule has 0 unspecified atom stereocenters. The second-order valence-electron chi connectivity index (χ2n) is 4.60. The highest BCUT2D eigenvalue weighted by atomic mass is 32.2. The molecule has 1 aromatic carbocycles. The summed E-state index contributed by atoms with van der Waals surface area (Å²) in [5, 5.41) is 9.08. The van der Waals surface area contributed by atoms with Crippen molar-refractivity contribution in [2.45, 2.75) is 18.2 Å². The molecule has 0 saturated carbocycles. The van der Waals surface area contributed by atoms with E-state index in [-0.39, 0.29) is 11.7 Å². The number of carbonyl (C=O) groups excluding carboxylic acids is 1. The molecule has 0 spiro atoms. The number of nitrogens with zero attached hydrogens (tertiary/aromatic N) is 2. The number of esters is 1. The average molecular weight is 308 g/mol. The maximum absolute atomic E-state index is 11.5. The van der Waals surface area contributed by atoms with E-state index in [1.807, 2.05) is 44.2 Å². The molecule has 0 amide bonds. The quantitative estimate of drug-likeness (QED) is 0.604. The molecule has 0 fully saturated rings. The van der Waals surface area contributed by atoms with Crippen molar-refractivity contribution in [3.05, 3.63) is 30.3 Å². The molecule has 0 bridgehead atoms. The van der Waals surface area contributed by atoms with Gasteiger partial charge in [-0.3, -0.25) is 4.79 Å². The van der Waals surface area contributed by atoms with Crippen LogP contribution in [0.5, 0.6) is 0 Å². The van der Waals surface area contributed by atoms with Crippen LogP contribution in [0.1, 0.15) is 13.8 Å². The molecule has 1 heterocycles. The first-order chi connectivity index (χ1) is 9.65. The minimum Gasteiger partial charge on any atom is -0.465 e. The summed E-state index contributed by atoms with van der Waals surface area (Å²) in [5.74, 6) is 0.422. The highest BCUT2D eigenvalue weighted by Crippen LogP contribution is 2.29. The Morgan fingerprint density at radius 1 is 1.30 bits per heavy atom. The van der Waals surface area contributed by atoms with Crippen LogP contribution in [-0.4, -0.2) is 28.5 Å². The van der Waals surface area contributed by atoms with Gasteiger partial charge in [-0.25, -0.2) is 0 Å². The van der Waals surface area contributed by atoms with E-state index in [2.05, 4.69) is 10.2 Å². The van der Waals surface area contributed by atoms with Crippen LogP contribution in [-0.2, 0) is 9.53 Å². The largest absolute Gasteiger partial charge is 0.465 e. The van der Waals surface area contributed by atoms with Crippen LogP contribution in [0.15, 0.2) is 34.7 Å². The Bertz CT molecular complexity index is 555. The van der Waals surface area contributed by atoms with E-state index in [1.54, 1.807) is 0 Å². The lowest BCUT2D eigenvalue weighted by Crippen LogP contribution is -2.11. The van der Waals surface area contributed by atoms with E-state index in [9.17, 15) is 4.79 Å². The predicted molar refractivity (Wildman–Crippen MR) is 81.9 cm³/mol. The lowest BCUT2D eigenvalue weighted by atomic mass is 10.2. The Kier molecular flexibility index (Phi) is 5.55. The van der Waals surface area contributed by atoms with Crippen molar-refractivity contribution in [1.82, 2.24) is 10.2 Å². The number of ether oxygens (including phenoxy) is 1. The van der Waals surface area contributed by atoms with Crippen LogP contribution >= 0.6 is 23.1 Å². The standard InChI is InChI=1S/C14H16N2O2S2/c1-10(2)8-18-12(17)9-19-14-16-15-13(20-14)11-6-4-3-5-7-11/h3-7,10H,8-9H2,1-2H3. The number of aromatic nitrogens is 2. The molecule has 4 nitrogen and oxygen atoms in total. The van der Waals surface area contributed by atoms with Crippen molar-refractivity contribution in [3.8, 4) is 10.6 Å². The van der Waals surface area contributed by atoms with Crippen LogP contribution in [0, 0.1) is 5.92 Å². The third-order valence-electron chi connectivity index (χ3n) is 2.32. The molecule has 20 heavy (non-hydrogen) atoms. The van der Waals surface area contributed by atoms with Crippen LogP contribution < -0.4 is 0 Å². The first-order valence-corrected chi connectivity index (χ1v) is 8.12. The molecule has 1 aromatic heterocycles. The molecule has 0 radical (unpaired) electrons. The van der Waals surface area contributed by atoms with Crippen LogP contribution in [0.3, 0.4) is 0 Å². The van der Waals surface area contributed by atoms with Gasteiger partial charge in [-0.15, -0.1) is 10.2 Å². The Labute approximate surface area is 126 Å². The van der Waals surface area contributed by atoms with Crippen molar-refractivity contribution in [2.75, 3.05) is 12.4 Å². The molecule has 0 N–H and O–H groups in total. The topological polar surface area (TPSA) is 52.1 Å². The number of thioether (sulfide) groups is 1. The SMILES string of the molecule is CC(C)COC(=O)CSc1nnc(-c2ccccc2)s1. The van der Waals surface area contributed by atoms with Crippen molar-refractivity contribution >= 4 is 29.1 Å². The van der Waals surface area contributed by atoms with E-state index < -0.39 is 0 Å². The molecular weight excluding hydrogens is 292 g/mol. The zero-order chi connectivity index (χ0) is 14.4. The molecule has 0 saturated heterocycles. The van der Waals surface area contributed by atoms with E-state index in [4.69, 9.17) is 4.74 Å². The van der Waals surface area contributed by atoms with Crippen molar-refractivity contribution in [1.29, 1.82) is 0 Å². The molecule has 106 valence electrons. The maximum atomic E-state index is 11.5.